The number of likely N-dealkylation sites (N-methyl/N-ethyl adjacent to an activating group) is 1. The van der Waals surface area contributed by atoms with Gasteiger partial charge in [-0.25, -0.2) is 0 Å². The van der Waals surface area contributed by atoms with Gasteiger partial charge in [0.1, 0.15) is 0 Å². The van der Waals surface area contributed by atoms with Crippen LogP contribution in [0.25, 0.3) is 0 Å². The number of hydrogen-bond acceptors (Lipinski definition) is 2. The molecule has 0 fully saturated rings. The summed E-state index contributed by atoms with van der Waals surface area (Å²) in [5.41, 5.74) is 0. The zero-order chi connectivity index (χ0) is 12.2. The summed E-state index contributed by atoms with van der Waals surface area (Å²) in [7, 11) is 3.86. The summed E-state index contributed by atoms with van der Waals surface area (Å²) >= 11 is 0. The summed E-state index contributed by atoms with van der Waals surface area (Å²) in [6.45, 7) is 4.46. The van der Waals surface area contributed by atoms with Gasteiger partial charge < -0.3 is 10.1 Å². The van der Waals surface area contributed by atoms with Gasteiger partial charge in [-0.3, -0.25) is 0 Å². The van der Waals surface area contributed by atoms with Crippen molar-refractivity contribution in [3.8, 4) is 0 Å². The quantitative estimate of drug-likeness (QED) is 0.545. The fraction of sp³-hybridized carbons (Fsp3) is 1.00. The van der Waals surface area contributed by atoms with Crippen molar-refractivity contribution in [2.45, 2.75) is 77.4 Å². The standard InChI is InChI=1S/C14H31NO/c1-5-7-8-9-10-11-12-13(15-3)14(6-2)16-4/h13-15H,5-12H2,1-4H3. The van der Waals surface area contributed by atoms with Crippen LogP contribution in [0.4, 0.5) is 0 Å². The van der Waals surface area contributed by atoms with E-state index in [2.05, 4.69) is 19.2 Å². The molecule has 0 aromatic heterocycles. The molecule has 0 amide bonds. The maximum Gasteiger partial charge on any atom is 0.0721 e. The van der Waals surface area contributed by atoms with Crippen LogP contribution in [0, 0.1) is 0 Å². The molecule has 0 spiro atoms. The highest BCUT2D eigenvalue weighted by molar-refractivity contribution is 4.74. The molecule has 1 N–H and O–H groups in total. The third kappa shape index (κ3) is 7.24. The molecule has 0 radical (unpaired) electrons. The van der Waals surface area contributed by atoms with Gasteiger partial charge in [0.25, 0.3) is 0 Å². The van der Waals surface area contributed by atoms with Crippen LogP contribution in [0.2, 0.25) is 0 Å². The summed E-state index contributed by atoms with van der Waals surface area (Å²) in [6.07, 6.45) is 10.9. The van der Waals surface area contributed by atoms with E-state index in [-0.39, 0.29) is 0 Å². The summed E-state index contributed by atoms with van der Waals surface area (Å²) in [5.74, 6) is 0. The van der Waals surface area contributed by atoms with Crippen molar-refractivity contribution in [3.63, 3.8) is 0 Å². The molecule has 16 heavy (non-hydrogen) atoms. The van der Waals surface area contributed by atoms with E-state index in [1.54, 1.807) is 0 Å². The van der Waals surface area contributed by atoms with Crippen molar-refractivity contribution in [2.24, 2.45) is 0 Å². The number of nitrogens with one attached hydrogen (secondary N) is 1. The molecular weight excluding hydrogens is 198 g/mol. The maximum absolute atomic E-state index is 5.49. The lowest BCUT2D eigenvalue weighted by molar-refractivity contribution is 0.0641. The third-order valence-electron chi connectivity index (χ3n) is 3.39. The van der Waals surface area contributed by atoms with Crippen molar-refractivity contribution in [2.75, 3.05) is 14.2 Å². The van der Waals surface area contributed by atoms with E-state index in [0.717, 1.165) is 6.42 Å². The largest absolute Gasteiger partial charge is 0.380 e. The molecule has 2 unspecified atom stereocenters. The number of rotatable bonds is 11. The first-order chi connectivity index (χ1) is 7.79. The van der Waals surface area contributed by atoms with Gasteiger partial charge in [-0.15, -0.1) is 0 Å². The summed E-state index contributed by atoms with van der Waals surface area (Å²) < 4.78 is 5.49. The van der Waals surface area contributed by atoms with Crippen LogP contribution in [0.1, 0.15) is 65.2 Å². The molecule has 0 aromatic carbocycles. The molecule has 0 saturated carbocycles. The average molecular weight is 229 g/mol. The zero-order valence-electron chi connectivity index (χ0n) is 11.7. The van der Waals surface area contributed by atoms with Gasteiger partial charge in [-0.05, 0) is 19.9 Å². The first-order valence-corrected chi connectivity index (χ1v) is 7.00. The summed E-state index contributed by atoms with van der Waals surface area (Å²) in [6, 6.07) is 0.529. The Labute approximate surface area is 102 Å². The minimum absolute atomic E-state index is 0.376. The number of unbranched alkanes of at least 4 members (excludes halogenated alkanes) is 5. The van der Waals surface area contributed by atoms with Gasteiger partial charge in [0, 0.05) is 13.2 Å². The highest BCUT2D eigenvalue weighted by Gasteiger charge is 2.16. The van der Waals surface area contributed by atoms with E-state index in [0.29, 0.717) is 12.1 Å². The van der Waals surface area contributed by atoms with Gasteiger partial charge in [0.15, 0.2) is 0 Å². The number of hydrogen-bond donors (Lipinski definition) is 1. The van der Waals surface area contributed by atoms with Crippen LogP contribution in [0.3, 0.4) is 0 Å². The van der Waals surface area contributed by atoms with E-state index in [1.807, 2.05) is 14.2 Å². The van der Waals surface area contributed by atoms with Gasteiger partial charge in [-0.1, -0.05) is 52.4 Å². The second kappa shape index (κ2) is 11.4. The van der Waals surface area contributed by atoms with Crippen LogP contribution in [0.5, 0.6) is 0 Å². The normalized spacial score (nSPS) is 15.0. The molecule has 2 nitrogen and oxygen atoms in total. The lowest BCUT2D eigenvalue weighted by Crippen LogP contribution is -2.38. The Kier molecular flexibility index (Phi) is 11.3. The smallest absolute Gasteiger partial charge is 0.0721 e. The lowest BCUT2D eigenvalue weighted by atomic mass is 10.0. The van der Waals surface area contributed by atoms with Crippen molar-refractivity contribution in [1.29, 1.82) is 0 Å². The fourth-order valence-electron chi connectivity index (χ4n) is 2.28. The topological polar surface area (TPSA) is 21.3 Å². The Morgan fingerprint density at radius 1 is 1.00 bits per heavy atom. The number of methoxy groups -OCH3 is 1. The Morgan fingerprint density at radius 2 is 1.62 bits per heavy atom. The molecule has 98 valence electrons. The van der Waals surface area contributed by atoms with E-state index in [4.69, 9.17) is 4.74 Å². The zero-order valence-corrected chi connectivity index (χ0v) is 11.7. The molecule has 0 aliphatic rings. The second-order valence-corrected chi connectivity index (χ2v) is 4.63. The van der Waals surface area contributed by atoms with Gasteiger partial charge >= 0.3 is 0 Å². The minimum atomic E-state index is 0.376. The first-order valence-electron chi connectivity index (χ1n) is 7.00. The Balaban J connectivity index is 3.54. The van der Waals surface area contributed by atoms with Gasteiger partial charge in [0.05, 0.1) is 6.10 Å². The molecule has 0 rings (SSSR count). The van der Waals surface area contributed by atoms with Crippen LogP contribution in [-0.4, -0.2) is 26.3 Å². The fourth-order valence-corrected chi connectivity index (χ4v) is 2.28. The Hall–Kier alpha value is -0.0800. The van der Waals surface area contributed by atoms with Crippen LogP contribution >= 0.6 is 0 Å². The number of ether oxygens (including phenoxy) is 1. The first kappa shape index (κ1) is 15.9. The average Bonchev–Trinajstić information content (AvgIpc) is 2.32. The molecule has 0 heterocycles. The van der Waals surface area contributed by atoms with Gasteiger partial charge in [0.2, 0.25) is 0 Å². The maximum atomic E-state index is 5.49. The highest BCUT2D eigenvalue weighted by atomic mass is 16.5. The van der Waals surface area contributed by atoms with E-state index in [1.165, 1.54) is 44.9 Å². The van der Waals surface area contributed by atoms with E-state index in [9.17, 15) is 0 Å². The summed E-state index contributed by atoms with van der Waals surface area (Å²) in [5, 5.41) is 3.38. The predicted octanol–water partition coefficient (Wildman–Crippen LogP) is 3.75. The van der Waals surface area contributed by atoms with Crippen LogP contribution in [-0.2, 0) is 4.74 Å². The predicted molar refractivity (Wildman–Crippen MR) is 71.9 cm³/mol. The van der Waals surface area contributed by atoms with Crippen LogP contribution in [0.15, 0.2) is 0 Å². The summed E-state index contributed by atoms with van der Waals surface area (Å²) in [4.78, 5) is 0. The molecule has 2 heteroatoms. The van der Waals surface area contributed by atoms with E-state index >= 15 is 0 Å². The minimum Gasteiger partial charge on any atom is -0.380 e. The van der Waals surface area contributed by atoms with Crippen molar-refractivity contribution in [1.82, 2.24) is 5.32 Å². The third-order valence-corrected chi connectivity index (χ3v) is 3.39. The van der Waals surface area contributed by atoms with Crippen LogP contribution < -0.4 is 5.32 Å². The second-order valence-electron chi connectivity index (χ2n) is 4.63. The molecule has 0 aromatic rings. The highest BCUT2D eigenvalue weighted by Crippen LogP contribution is 2.13. The Bertz CT molecular complexity index is 135. The van der Waals surface area contributed by atoms with Crippen molar-refractivity contribution >= 4 is 0 Å². The molecule has 0 aliphatic carbocycles. The van der Waals surface area contributed by atoms with E-state index < -0.39 is 0 Å². The van der Waals surface area contributed by atoms with Crippen molar-refractivity contribution in [3.05, 3.63) is 0 Å². The van der Waals surface area contributed by atoms with Gasteiger partial charge in [-0.2, -0.15) is 0 Å². The molecule has 2 atom stereocenters. The molecule has 0 bridgehead atoms. The Morgan fingerprint density at radius 3 is 2.12 bits per heavy atom. The SMILES string of the molecule is CCCCCCCCC(NC)C(CC)OC. The monoisotopic (exact) mass is 229 g/mol. The lowest BCUT2D eigenvalue weighted by Gasteiger charge is -2.24. The van der Waals surface area contributed by atoms with Crippen molar-refractivity contribution < 1.29 is 4.74 Å². The molecule has 0 aliphatic heterocycles. The molecule has 0 saturated heterocycles. The molecular formula is C14H31NO.